The maximum absolute atomic E-state index is 14.1. The van der Waals surface area contributed by atoms with Crippen LogP contribution >= 0.6 is 11.6 Å². The normalized spacial score (nSPS) is 18.8. The van der Waals surface area contributed by atoms with E-state index in [1.807, 2.05) is 0 Å². The Bertz CT molecular complexity index is 1520. The van der Waals surface area contributed by atoms with Gasteiger partial charge in [0.1, 0.15) is 6.04 Å². The molecule has 0 saturated carbocycles. The minimum Gasteiger partial charge on any atom is -0.480 e. The number of aliphatic carboxylic acids is 1. The molecule has 1 aliphatic rings. The molecule has 1 N–H and O–H groups in total. The van der Waals surface area contributed by atoms with E-state index in [4.69, 9.17) is 11.6 Å². The van der Waals surface area contributed by atoms with E-state index in [-0.39, 0.29) is 23.5 Å². The Balaban J connectivity index is 1.87. The summed E-state index contributed by atoms with van der Waals surface area (Å²) >= 11 is 6.00. The number of halogens is 1. The van der Waals surface area contributed by atoms with Gasteiger partial charge in [-0.3, -0.25) is 9.10 Å². The standard InChI is InChI=1S/C26H25ClN2O6S2/c1-36(32,33)29(21-9-3-2-4-10-21)23-12-7-8-18-28(25(23)26(30)31)37(34,35)24-13-6-5-11-22(24)19-14-16-20(27)17-15-19/h2-11,13-17,23,25H,12,18H2,1H3,(H,30,31). The molecule has 4 rings (SSSR count). The molecule has 2 unspecified atom stereocenters. The predicted octanol–water partition coefficient (Wildman–Crippen LogP) is 4.25. The molecule has 0 radical (unpaired) electrons. The summed E-state index contributed by atoms with van der Waals surface area (Å²) in [6.07, 6.45) is 4.14. The highest BCUT2D eigenvalue weighted by Crippen LogP contribution is 2.34. The van der Waals surface area contributed by atoms with Gasteiger partial charge in [0.15, 0.2) is 0 Å². The van der Waals surface area contributed by atoms with Crippen molar-refractivity contribution in [2.75, 3.05) is 17.1 Å². The molecule has 0 aromatic heterocycles. The van der Waals surface area contributed by atoms with Crippen molar-refractivity contribution in [2.24, 2.45) is 0 Å². The van der Waals surface area contributed by atoms with Crippen LogP contribution in [0.5, 0.6) is 0 Å². The monoisotopic (exact) mass is 560 g/mol. The van der Waals surface area contributed by atoms with Gasteiger partial charge in [0.2, 0.25) is 20.0 Å². The molecular weight excluding hydrogens is 536 g/mol. The van der Waals surface area contributed by atoms with Crippen LogP contribution in [0.25, 0.3) is 11.1 Å². The number of carboxylic acid groups (broad SMARTS) is 1. The highest BCUT2D eigenvalue weighted by Gasteiger charge is 2.46. The molecule has 194 valence electrons. The molecule has 0 bridgehead atoms. The summed E-state index contributed by atoms with van der Waals surface area (Å²) in [5.41, 5.74) is 1.20. The van der Waals surface area contributed by atoms with Crippen molar-refractivity contribution in [3.8, 4) is 11.1 Å². The minimum atomic E-state index is -4.42. The van der Waals surface area contributed by atoms with Crippen molar-refractivity contribution in [3.63, 3.8) is 0 Å². The van der Waals surface area contributed by atoms with Crippen molar-refractivity contribution >= 4 is 43.3 Å². The average molecular weight is 561 g/mol. The molecule has 0 aliphatic carbocycles. The van der Waals surface area contributed by atoms with E-state index in [0.29, 0.717) is 16.1 Å². The minimum absolute atomic E-state index is 0.00375. The van der Waals surface area contributed by atoms with Crippen LogP contribution < -0.4 is 4.31 Å². The first-order valence-electron chi connectivity index (χ1n) is 11.3. The summed E-state index contributed by atoms with van der Waals surface area (Å²) in [6.45, 7) is -0.239. The van der Waals surface area contributed by atoms with Crippen molar-refractivity contribution in [3.05, 3.63) is 96.0 Å². The van der Waals surface area contributed by atoms with Crippen LogP contribution in [-0.4, -0.2) is 57.1 Å². The van der Waals surface area contributed by atoms with Gasteiger partial charge in [-0.1, -0.05) is 72.3 Å². The summed E-state index contributed by atoms with van der Waals surface area (Å²) in [7, 11) is -8.40. The molecule has 3 aromatic rings. The van der Waals surface area contributed by atoms with Gasteiger partial charge in [0, 0.05) is 17.1 Å². The Hall–Kier alpha value is -3.18. The van der Waals surface area contributed by atoms with Crippen LogP contribution in [0.3, 0.4) is 0 Å². The SMILES string of the molecule is CS(=O)(=O)N(c1ccccc1)C1CC=CCN(S(=O)(=O)c2ccccc2-c2ccc(Cl)cc2)C1C(=O)O. The van der Waals surface area contributed by atoms with Crippen LogP contribution in [0.2, 0.25) is 5.02 Å². The quantitative estimate of drug-likeness (QED) is 0.432. The third-order valence-corrected chi connectivity index (χ3v) is 9.41. The molecule has 0 spiro atoms. The van der Waals surface area contributed by atoms with Crippen LogP contribution in [0.4, 0.5) is 5.69 Å². The lowest BCUT2D eigenvalue weighted by molar-refractivity contribution is -0.141. The zero-order valence-corrected chi connectivity index (χ0v) is 22.2. The number of hydrogen-bond donors (Lipinski definition) is 1. The molecule has 2 atom stereocenters. The highest BCUT2D eigenvalue weighted by molar-refractivity contribution is 7.92. The van der Waals surface area contributed by atoms with Crippen molar-refractivity contribution in [2.45, 2.75) is 23.4 Å². The van der Waals surface area contributed by atoms with Crippen molar-refractivity contribution in [1.82, 2.24) is 4.31 Å². The van der Waals surface area contributed by atoms with E-state index in [2.05, 4.69) is 0 Å². The second-order valence-corrected chi connectivity index (χ2v) is 12.7. The maximum atomic E-state index is 14.1. The molecule has 37 heavy (non-hydrogen) atoms. The van der Waals surface area contributed by atoms with E-state index < -0.39 is 38.1 Å². The van der Waals surface area contributed by atoms with Gasteiger partial charge in [-0.05, 0) is 42.3 Å². The molecule has 0 fully saturated rings. The van der Waals surface area contributed by atoms with Crippen LogP contribution in [0, 0.1) is 0 Å². The lowest BCUT2D eigenvalue weighted by Gasteiger charge is -2.38. The predicted molar refractivity (Wildman–Crippen MR) is 144 cm³/mol. The van der Waals surface area contributed by atoms with E-state index in [0.717, 1.165) is 14.9 Å². The topological polar surface area (TPSA) is 112 Å². The number of benzene rings is 3. The van der Waals surface area contributed by atoms with Gasteiger partial charge in [-0.2, -0.15) is 4.31 Å². The molecule has 8 nitrogen and oxygen atoms in total. The summed E-state index contributed by atoms with van der Waals surface area (Å²) in [5, 5.41) is 10.8. The second kappa shape index (κ2) is 10.7. The molecular formula is C26H25ClN2O6S2. The van der Waals surface area contributed by atoms with Gasteiger partial charge in [0.05, 0.1) is 22.9 Å². The molecule has 11 heteroatoms. The number of hydrogen-bond acceptors (Lipinski definition) is 5. The fourth-order valence-corrected chi connectivity index (χ4v) is 7.60. The van der Waals surface area contributed by atoms with Crippen molar-refractivity contribution < 1.29 is 26.7 Å². The molecule has 1 aliphatic heterocycles. The van der Waals surface area contributed by atoms with Crippen LogP contribution in [0.15, 0.2) is 95.9 Å². The molecule has 1 heterocycles. The maximum Gasteiger partial charge on any atom is 0.324 e. The Kier molecular flexibility index (Phi) is 7.75. The number of carboxylic acids is 1. The summed E-state index contributed by atoms with van der Waals surface area (Å²) in [4.78, 5) is 12.6. The van der Waals surface area contributed by atoms with E-state index >= 15 is 0 Å². The van der Waals surface area contributed by atoms with E-state index in [9.17, 15) is 26.7 Å². The Labute approximate surface area is 221 Å². The van der Waals surface area contributed by atoms with Gasteiger partial charge >= 0.3 is 5.97 Å². The zero-order chi connectivity index (χ0) is 26.8. The Morgan fingerprint density at radius 1 is 0.919 bits per heavy atom. The Morgan fingerprint density at radius 3 is 2.16 bits per heavy atom. The Morgan fingerprint density at radius 2 is 1.54 bits per heavy atom. The number of carbonyl (C=O) groups is 1. The average Bonchev–Trinajstić information content (AvgIpc) is 3.08. The summed E-state index contributed by atoms with van der Waals surface area (Å²) in [5.74, 6) is -1.45. The smallest absolute Gasteiger partial charge is 0.324 e. The summed E-state index contributed by atoms with van der Waals surface area (Å²) < 4.78 is 55.9. The van der Waals surface area contributed by atoms with Gasteiger partial charge < -0.3 is 5.11 Å². The van der Waals surface area contributed by atoms with Gasteiger partial charge in [-0.25, -0.2) is 16.8 Å². The zero-order valence-electron chi connectivity index (χ0n) is 19.8. The van der Waals surface area contributed by atoms with Crippen molar-refractivity contribution in [1.29, 1.82) is 0 Å². The lowest BCUT2D eigenvalue weighted by atomic mass is 10.0. The van der Waals surface area contributed by atoms with Crippen LogP contribution in [-0.2, 0) is 24.8 Å². The fraction of sp³-hybridized carbons (Fsp3) is 0.192. The number of anilines is 1. The molecule has 0 saturated heterocycles. The summed E-state index contributed by atoms with van der Waals surface area (Å²) in [6, 6.07) is 18.0. The van der Waals surface area contributed by atoms with E-state index in [1.165, 1.54) is 6.07 Å². The highest BCUT2D eigenvalue weighted by atomic mass is 35.5. The number of nitrogens with zero attached hydrogens (tertiary/aromatic N) is 2. The number of sulfonamides is 2. The lowest BCUT2D eigenvalue weighted by Crippen LogP contribution is -2.58. The molecule has 3 aromatic carbocycles. The van der Waals surface area contributed by atoms with Gasteiger partial charge in [0.25, 0.3) is 0 Å². The first-order valence-corrected chi connectivity index (χ1v) is 15.0. The van der Waals surface area contributed by atoms with Crippen LogP contribution in [0.1, 0.15) is 6.42 Å². The van der Waals surface area contributed by atoms with E-state index in [1.54, 1.807) is 84.9 Å². The molecule has 0 amide bonds. The second-order valence-electron chi connectivity index (χ2n) is 8.53. The third kappa shape index (κ3) is 5.57. The largest absolute Gasteiger partial charge is 0.480 e. The van der Waals surface area contributed by atoms with Gasteiger partial charge in [-0.15, -0.1) is 0 Å². The first-order chi connectivity index (χ1) is 17.5. The third-order valence-electron chi connectivity index (χ3n) is 6.06. The first kappa shape index (κ1) is 26.9. The fourth-order valence-electron chi connectivity index (χ4n) is 4.50. The number of para-hydroxylation sites is 1. The number of rotatable bonds is 7.